The van der Waals surface area contributed by atoms with Gasteiger partial charge in [-0.25, -0.2) is 4.98 Å². The molecule has 0 bridgehead atoms. The van der Waals surface area contributed by atoms with Crippen molar-refractivity contribution >= 4 is 27.8 Å². The molecule has 1 aliphatic heterocycles. The van der Waals surface area contributed by atoms with Crippen LogP contribution in [-0.4, -0.2) is 62.6 Å². The summed E-state index contributed by atoms with van der Waals surface area (Å²) >= 11 is 1.48. The number of benzene rings is 2. The van der Waals surface area contributed by atoms with Crippen LogP contribution in [0.3, 0.4) is 0 Å². The maximum absolute atomic E-state index is 4.72. The summed E-state index contributed by atoms with van der Waals surface area (Å²) in [5.74, 6) is 0. The fraction of sp³-hybridized carbons (Fsp3) is 0.222. The average Bonchev–Trinajstić information content (AvgIpc) is 3.55. The first-order valence-electron chi connectivity index (χ1n) is 11.8. The molecule has 0 radical (unpaired) electrons. The molecule has 35 heavy (non-hydrogen) atoms. The smallest absolute Gasteiger partial charge is 0.209 e. The van der Waals surface area contributed by atoms with Gasteiger partial charge in [-0.05, 0) is 54.1 Å². The van der Waals surface area contributed by atoms with E-state index in [-0.39, 0.29) is 0 Å². The van der Waals surface area contributed by atoms with Crippen LogP contribution in [0.1, 0.15) is 5.56 Å². The number of anilines is 2. The second-order valence-electron chi connectivity index (χ2n) is 9.02. The minimum Gasteiger partial charge on any atom is -0.330 e. The molecule has 0 saturated carbocycles. The number of aromatic nitrogens is 4. The third kappa shape index (κ3) is 4.81. The first-order chi connectivity index (χ1) is 17.2. The van der Waals surface area contributed by atoms with E-state index in [1.807, 2.05) is 18.3 Å². The number of fused-ring (bicyclic) bond motifs is 1. The minimum atomic E-state index is 0.778. The quantitative estimate of drug-likeness (QED) is 0.368. The molecule has 4 heterocycles. The fourth-order valence-electron chi connectivity index (χ4n) is 4.59. The van der Waals surface area contributed by atoms with Gasteiger partial charge in [0.25, 0.3) is 0 Å². The highest BCUT2D eigenvalue weighted by atomic mass is 32.1. The second-order valence-corrected chi connectivity index (χ2v) is 9.85. The molecule has 1 fully saturated rings. The first-order valence-corrected chi connectivity index (χ1v) is 12.7. The maximum Gasteiger partial charge on any atom is 0.209 e. The lowest BCUT2D eigenvalue weighted by Crippen LogP contribution is -2.43. The molecule has 1 saturated heterocycles. The lowest BCUT2D eigenvalue weighted by Gasteiger charge is -2.32. The summed E-state index contributed by atoms with van der Waals surface area (Å²) in [6.45, 7) is 5.53. The number of imidazole rings is 1. The van der Waals surface area contributed by atoms with Gasteiger partial charge in [-0.1, -0.05) is 41.7 Å². The minimum absolute atomic E-state index is 0.778. The number of hydrogen-bond donors (Lipinski definition) is 1. The summed E-state index contributed by atoms with van der Waals surface area (Å²) in [7, 11) is 2.20. The highest BCUT2D eigenvalue weighted by molar-refractivity contribution is 7.13. The van der Waals surface area contributed by atoms with E-state index >= 15 is 0 Å². The van der Waals surface area contributed by atoms with Crippen LogP contribution in [0.15, 0.2) is 78.6 Å². The van der Waals surface area contributed by atoms with Crippen LogP contribution in [-0.2, 0) is 6.54 Å². The average molecular weight is 482 g/mol. The van der Waals surface area contributed by atoms with Crippen molar-refractivity contribution in [2.24, 2.45) is 0 Å². The lowest BCUT2D eigenvalue weighted by atomic mass is 10.0. The highest BCUT2D eigenvalue weighted by Gasteiger charge is 2.14. The Morgan fingerprint density at radius 3 is 2.60 bits per heavy atom. The van der Waals surface area contributed by atoms with E-state index < -0.39 is 0 Å². The molecule has 5 aromatic rings. The van der Waals surface area contributed by atoms with E-state index in [4.69, 9.17) is 4.98 Å². The first kappa shape index (κ1) is 21.9. The molecule has 0 spiro atoms. The van der Waals surface area contributed by atoms with Gasteiger partial charge in [-0.15, -0.1) is 10.2 Å². The molecule has 0 amide bonds. The van der Waals surface area contributed by atoms with Gasteiger partial charge in [-0.2, -0.15) is 0 Å². The van der Waals surface area contributed by atoms with E-state index in [9.17, 15) is 0 Å². The Bertz CT molecular complexity index is 1440. The van der Waals surface area contributed by atoms with Gasteiger partial charge in [0.1, 0.15) is 11.2 Å². The normalized spacial score (nSPS) is 15.0. The Morgan fingerprint density at radius 2 is 1.74 bits per heavy atom. The molecule has 7 nitrogen and oxygen atoms in total. The number of piperazine rings is 1. The molecule has 1 aliphatic rings. The van der Waals surface area contributed by atoms with Gasteiger partial charge in [0.2, 0.25) is 5.13 Å². The van der Waals surface area contributed by atoms with Crippen molar-refractivity contribution in [3.63, 3.8) is 0 Å². The van der Waals surface area contributed by atoms with Gasteiger partial charge in [0.15, 0.2) is 0 Å². The van der Waals surface area contributed by atoms with Crippen LogP contribution in [0, 0.1) is 0 Å². The summed E-state index contributed by atoms with van der Waals surface area (Å²) in [5.41, 5.74) is 9.54. The topological polar surface area (TPSA) is 61.6 Å². The van der Waals surface area contributed by atoms with Gasteiger partial charge >= 0.3 is 0 Å². The zero-order chi connectivity index (χ0) is 23.6. The number of hydrogen-bond acceptors (Lipinski definition) is 7. The third-order valence-corrected chi connectivity index (χ3v) is 7.15. The van der Waals surface area contributed by atoms with E-state index in [0.29, 0.717) is 0 Å². The molecule has 3 aromatic heterocycles. The molecule has 0 unspecified atom stereocenters. The van der Waals surface area contributed by atoms with Crippen molar-refractivity contribution in [3.05, 3.63) is 84.1 Å². The molecule has 2 aromatic carbocycles. The van der Waals surface area contributed by atoms with Crippen LogP contribution in [0.5, 0.6) is 0 Å². The zero-order valence-electron chi connectivity index (χ0n) is 19.6. The fourth-order valence-corrected chi connectivity index (χ4v) is 5.06. The summed E-state index contributed by atoms with van der Waals surface area (Å²) in [6, 6.07) is 21.5. The second kappa shape index (κ2) is 9.58. The van der Waals surface area contributed by atoms with Crippen molar-refractivity contribution in [1.82, 2.24) is 29.4 Å². The Labute approximate surface area is 208 Å². The van der Waals surface area contributed by atoms with Crippen molar-refractivity contribution in [3.8, 4) is 22.4 Å². The maximum atomic E-state index is 4.72. The molecule has 176 valence electrons. The molecule has 0 atom stereocenters. The van der Waals surface area contributed by atoms with Crippen molar-refractivity contribution in [1.29, 1.82) is 0 Å². The van der Waals surface area contributed by atoms with Gasteiger partial charge in [0.05, 0.1) is 11.9 Å². The Morgan fingerprint density at radius 1 is 0.914 bits per heavy atom. The van der Waals surface area contributed by atoms with E-state index in [2.05, 4.69) is 91.5 Å². The van der Waals surface area contributed by atoms with Gasteiger partial charge in [0, 0.05) is 50.2 Å². The van der Waals surface area contributed by atoms with Crippen LogP contribution < -0.4 is 5.32 Å². The largest absolute Gasteiger partial charge is 0.330 e. The van der Waals surface area contributed by atoms with Crippen molar-refractivity contribution in [2.75, 3.05) is 38.5 Å². The predicted octanol–water partition coefficient (Wildman–Crippen LogP) is 5.01. The van der Waals surface area contributed by atoms with Crippen LogP contribution >= 0.6 is 11.3 Å². The Kier molecular flexibility index (Phi) is 5.99. The van der Waals surface area contributed by atoms with Crippen molar-refractivity contribution < 1.29 is 0 Å². The monoisotopic (exact) mass is 481 g/mol. The van der Waals surface area contributed by atoms with Crippen LogP contribution in [0.2, 0.25) is 0 Å². The SMILES string of the molecule is CN1CCN(Cc2cccc(-c3ccn4c(-c5cccc(Nc6nncs6)c5)cnc4c3)c2)CC1. The molecule has 8 heteroatoms. The standard InChI is InChI=1S/C27H27N7S/c1-32-10-12-33(13-11-32)18-20-4-2-5-21(14-20)22-8-9-34-25(17-28-26(34)16-22)23-6-3-7-24(15-23)30-27-31-29-19-35-27/h2-9,14-17,19H,10-13,18H2,1H3,(H,30,31). The molecule has 0 aliphatic carbocycles. The predicted molar refractivity (Wildman–Crippen MR) is 142 cm³/mol. The van der Waals surface area contributed by atoms with Gasteiger partial charge in [-0.3, -0.25) is 9.30 Å². The van der Waals surface area contributed by atoms with Crippen molar-refractivity contribution in [2.45, 2.75) is 6.54 Å². The molecular weight excluding hydrogens is 454 g/mol. The van der Waals surface area contributed by atoms with E-state index in [1.165, 1.54) is 28.0 Å². The van der Waals surface area contributed by atoms with E-state index in [0.717, 1.165) is 60.4 Å². The van der Waals surface area contributed by atoms with Crippen LogP contribution in [0.25, 0.3) is 28.0 Å². The van der Waals surface area contributed by atoms with Gasteiger partial charge < -0.3 is 10.2 Å². The molecule has 1 N–H and O–H groups in total. The molecule has 6 rings (SSSR count). The summed E-state index contributed by atoms with van der Waals surface area (Å²) in [4.78, 5) is 9.65. The summed E-state index contributed by atoms with van der Waals surface area (Å²) in [6.07, 6.45) is 4.05. The number of pyridine rings is 1. The number of nitrogens with one attached hydrogen (secondary N) is 1. The summed E-state index contributed by atoms with van der Waals surface area (Å²) < 4.78 is 2.14. The number of nitrogens with zero attached hydrogens (tertiary/aromatic N) is 6. The summed E-state index contributed by atoms with van der Waals surface area (Å²) in [5, 5.41) is 12.0. The lowest BCUT2D eigenvalue weighted by molar-refractivity contribution is 0.148. The highest BCUT2D eigenvalue weighted by Crippen LogP contribution is 2.28. The Hall–Kier alpha value is -3.59. The third-order valence-electron chi connectivity index (χ3n) is 6.55. The number of likely N-dealkylation sites (N-methyl/N-ethyl adjacent to an activating group) is 1. The van der Waals surface area contributed by atoms with Crippen LogP contribution in [0.4, 0.5) is 10.8 Å². The zero-order valence-corrected chi connectivity index (χ0v) is 20.4. The van der Waals surface area contributed by atoms with E-state index in [1.54, 1.807) is 5.51 Å². The Balaban J connectivity index is 1.24. The molecular formula is C27H27N7S. The number of rotatable bonds is 6.